The Bertz CT molecular complexity index is 712. The molecule has 112 valence electrons. The van der Waals surface area contributed by atoms with Gasteiger partial charge in [-0.25, -0.2) is 13.4 Å². The van der Waals surface area contributed by atoms with E-state index in [1.807, 2.05) is 6.92 Å². The van der Waals surface area contributed by atoms with Gasteiger partial charge in [0.15, 0.2) is 0 Å². The molecule has 0 bridgehead atoms. The maximum atomic E-state index is 12.6. The quantitative estimate of drug-likeness (QED) is 0.932. The minimum Gasteiger partial charge on any atom is -0.368 e. The van der Waals surface area contributed by atoms with Crippen LogP contribution >= 0.6 is 0 Å². The summed E-state index contributed by atoms with van der Waals surface area (Å²) < 4.78 is 32.3. The summed E-state index contributed by atoms with van der Waals surface area (Å²) in [4.78, 5) is 7.63. The van der Waals surface area contributed by atoms with E-state index < -0.39 is 10.0 Å². The standard InChI is InChI=1S/C14H17N3O3S/c1-11-9-15-14(16-11)13-10-17(7-8-20-13)21(18,19)12-5-3-2-4-6-12/h2-6,9,13H,7-8,10H2,1H3,(H,15,16)/t13-/m0/s1. The first-order valence-electron chi connectivity index (χ1n) is 6.75. The molecule has 0 radical (unpaired) electrons. The number of hydrogen-bond donors (Lipinski definition) is 1. The third-order valence-corrected chi connectivity index (χ3v) is 5.32. The van der Waals surface area contributed by atoms with Gasteiger partial charge >= 0.3 is 0 Å². The number of aromatic amines is 1. The van der Waals surface area contributed by atoms with Crippen LogP contribution in [0.3, 0.4) is 0 Å². The lowest BCUT2D eigenvalue weighted by molar-refractivity contribution is -0.00710. The summed E-state index contributed by atoms with van der Waals surface area (Å²) in [5.74, 6) is 0.667. The highest BCUT2D eigenvalue weighted by atomic mass is 32.2. The maximum absolute atomic E-state index is 12.6. The molecule has 21 heavy (non-hydrogen) atoms. The number of nitrogens with one attached hydrogen (secondary N) is 1. The highest BCUT2D eigenvalue weighted by Gasteiger charge is 2.32. The second kappa shape index (κ2) is 5.59. The lowest BCUT2D eigenvalue weighted by Crippen LogP contribution is -2.42. The molecule has 0 saturated carbocycles. The Hall–Kier alpha value is -1.70. The van der Waals surface area contributed by atoms with Crippen molar-refractivity contribution in [2.75, 3.05) is 19.7 Å². The smallest absolute Gasteiger partial charge is 0.243 e. The number of imidazole rings is 1. The molecule has 1 fully saturated rings. The molecule has 0 aliphatic carbocycles. The minimum absolute atomic E-state index is 0.268. The van der Waals surface area contributed by atoms with Gasteiger partial charge in [0.25, 0.3) is 0 Å². The van der Waals surface area contributed by atoms with Gasteiger partial charge in [-0.05, 0) is 19.1 Å². The molecule has 7 heteroatoms. The van der Waals surface area contributed by atoms with Crippen LogP contribution in [0.15, 0.2) is 41.4 Å². The number of ether oxygens (including phenoxy) is 1. The molecule has 0 amide bonds. The van der Waals surface area contributed by atoms with Crippen LogP contribution in [0, 0.1) is 6.92 Å². The number of nitrogens with zero attached hydrogens (tertiary/aromatic N) is 2. The number of aromatic nitrogens is 2. The number of benzene rings is 1. The summed E-state index contributed by atoms with van der Waals surface area (Å²) in [6.45, 7) is 2.88. The van der Waals surface area contributed by atoms with E-state index >= 15 is 0 Å². The van der Waals surface area contributed by atoms with Crippen LogP contribution in [0.2, 0.25) is 0 Å². The van der Waals surface area contributed by atoms with Crippen LogP contribution in [0.25, 0.3) is 0 Å². The van der Waals surface area contributed by atoms with Gasteiger partial charge in [0.2, 0.25) is 10.0 Å². The molecule has 2 aromatic rings. The van der Waals surface area contributed by atoms with E-state index in [1.165, 1.54) is 4.31 Å². The summed E-state index contributed by atoms with van der Waals surface area (Å²) in [6, 6.07) is 8.46. The number of hydrogen-bond acceptors (Lipinski definition) is 4. The van der Waals surface area contributed by atoms with E-state index in [2.05, 4.69) is 9.97 Å². The van der Waals surface area contributed by atoms with Gasteiger partial charge in [-0.15, -0.1) is 0 Å². The van der Waals surface area contributed by atoms with Crippen molar-refractivity contribution in [2.45, 2.75) is 17.9 Å². The van der Waals surface area contributed by atoms with E-state index in [0.29, 0.717) is 23.9 Å². The predicted molar refractivity (Wildman–Crippen MR) is 77.2 cm³/mol. The average molecular weight is 307 g/mol. The highest BCUT2D eigenvalue weighted by molar-refractivity contribution is 7.89. The molecular formula is C14H17N3O3S. The van der Waals surface area contributed by atoms with Gasteiger partial charge < -0.3 is 9.72 Å². The Labute approximate surface area is 123 Å². The summed E-state index contributed by atoms with van der Waals surface area (Å²) in [5.41, 5.74) is 0.927. The topological polar surface area (TPSA) is 75.3 Å². The van der Waals surface area contributed by atoms with Crippen molar-refractivity contribution in [3.05, 3.63) is 48.0 Å². The summed E-state index contributed by atoms with van der Waals surface area (Å²) in [7, 11) is -3.48. The molecule has 1 aromatic carbocycles. The second-order valence-corrected chi connectivity index (χ2v) is 6.92. The third-order valence-electron chi connectivity index (χ3n) is 3.44. The number of aryl methyl sites for hydroxylation is 1. The van der Waals surface area contributed by atoms with E-state index in [-0.39, 0.29) is 12.6 Å². The first-order valence-corrected chi connectivity index (χ1v) is 8.20. The first-order chi connectivity index (χ1) is 10.1. The van der Waals surface area contributed by atoms with Crippen molar-refractivity contribution in [3.8, 4) is 0 Å². The van der Waals surface area contributed by atoms with Crippen LogP contribution in [0.4, 0.5) is 0 Å². The van der Waals surface area contributed by atoms with Gasteiger partial charge in [-0.3, -0.25) is 0 Å². The van der Waals surface area contributed by atoms with E-state index in [9.17, 15) is 8.42 Å². The molecule has 0 spiro atoms. The Balaban J connectivity index is 1.83. The van der Waals surface area contributed by atoms with Gasteiger partial charge in [-0.2, -0.15) is 4.31 Å². The van der Waals surface area contributed by atoms with Crippen LogP contribution in [0.1, 0.15) is 17.6 Å². The van der Waals surface area contributed by atoms with Crippen LogP contribution in [-0.4, -0.2) is 42.4 Å². The molecular weight excluding hydrogens is 290 g/mol. The van der Waals surface area contributed by atoms with Gasteiger partial charge in [-0.1, -0.05) is 18.2 Å². The summed E-state index contributed by atoms with van der Waals surface area (Å²) in [5, 5.41) is 0. The molecule has 0 unspecified atom stereocenters. The molecule has 1 aliphatic heterocycles. The molecule has 1 aliphatic rings. The highest BCUT2D eigenvalue weighted by Crippen LogP contribution is 2.24. The molecule has 3 rings (SSSR count). The van der Waals surface area contributed by atoms with Gasteiger partial charge in [0, 0.05) is 25.0 Å². The zero-order valence-corrected chi connectivity index (χ0v) is 12.5. The van der Waals surface area contributed by atoms with Crippen molar-refractivity contribution < 1.29 is 13.2 Å². The predicted octanol–water partition coefficient (Wildman–Crippen LogP) is 1.48. The Morgan fingerprint density at radius 2 is 2.10 bits per heavy atom. The lowest BCUT2D eigenvalue weighted by Gasteiger charge is -2.31. The van der Waals surface area contributed by atoms with E-state index in [1.54, 1.807) is 36.5 Å². The van der Waals surface area contributed by atoms with E-state index in [4.69, 9.17) is 4.74 Å². The molecule has 2 heterocycles. The molecule has 1 atom stereocenters. The SMILES string of the molecule is Cc1cnc([C@@H]2CN(S(=O)(=O)c3ccccc3)CCO2)[nH]1. The Morgan fingerprint density at radius 1 is 1.33 bits per heavy atom. The largest absolute Gasteiger partial charge is 0.368 e. The monoisotopic (exact) mass is 307 g/mol. The Kier molecular flexibility index (Phi) is 3.79. The number of sulfonamides is 1. The number of H-pyrrole nitrogens is 1. The van der Waals surface area contributed by atoms with Crippen molar-refractivity contribution in [1.29, 1.82) is 0 Å². The van der Waals surface area contributed by atoms with Crippen LogP contribution in [0.5, 0.6) is 0 Å². The van der Waals surface area contributed by atoms with Gasteiger partial charge in [0.1, 0.15) is 11.9 Å². The number of rotatable bonds is 3. The first kappa shape index (κ1) is 14.2. The lowest BCUT2D eigenvalue weighted by atomic mass is 10.3. The fourth-order valence-electron chi connectivity index (χ4n) is 2.35. The number of morpholine rings is 1. The normalized spacial score (nSPS) is 20.5. The van der Waals surface area contributed by atoms with Crippen molar-refractivity contribution >= 4 is 10.0 Å². The summed E-state index contributed by atoms with van der Waals surface area (Å²) >= 11 is 0. The van der Waals surface area contributed by atoms with Crippen molar-refractivity contribution in [2.24, 2.45) is 0 Å². The van der Waals surface area contributed by atoms with Crippen LogP contribution < -0.4 is 0 Å². The molecule has 6 nitrogen and oxygen atoms in total. The summed E-state index contributed by atoms with van der Waals surface area (Å²) in [6.07, 6.45) is 1.36. The fourth-order valence-corrected chi connectivity index (χ4v) is 3.79. The zero-order valence-electron chi connectivity index (χ0n) is 11.7. The minimum atomic E-state index is -3.48. The molecule has 1 saturated heterocycles. The third kappa shape index (κ3) is 2.85. The van der Waals surface area contributed by atoms with Crippen molar-refractivity contribution in [3.63, 3.8) is 0 Å². The van der Waals surface area contributed by atoms with Gasteiger partial charge in [0.05, 0.1) is 11.5 Å². The van der Waals surface area contributed by atoms with E-state index in [0.717, 1.165) is 5.69 Å². The molecule has 1 aromatic heterocycles. The maximum Gasteiger partial charge on any atom is 0.243 e. The Morgan fingerprint density at radius 3 is 2.76 bits per heavy atom. The second-order valence-electron chi connectivity index (χ2n) is 4.99. The van der Waals surface area contributed by atoms with Crippen molar-refractivity contribution in [1.82, 2.24) is 14.3 Å². The zero-order chi connectivity index (χ0) is 14.9. The fraction of sp³-hybridized carbons (Fsp3) is 0.357. The average Bonchev–Trinajstić information content (AvgIpc) is 2.95. The molecule has 1 N–H and O–H groups in total. The van der Waals surface area contributed by atoms with Crippen LogP contribution in [-0.2, 0) is 14.8 Å².